The second kappa shape index (κ2) is 8.67. The third-order valence-electron chi connectivity index (χ3n) is 4.12. The third kappa shape index (κ3) is 4.73. The van der Waals surface area contributed by atoms with Gasteiger partial charge in [0, 0.05) is 31.1 Å². The number of hydrogen-bond donors (Lipinski definition) is 1. The largest absolute Gasteiger partial charge is 0.444 e. The van der Waals surface area contributed by atoms with E-state index in [0.717, 1.165) is 30.2 Å². The normalized spacial score (nSPS) is 11.6. The van der Waals surface area contributed by atoms with Gasteiger partial charge in [-0.25, -0.2) is 4.98 Å². The Kier molecular flexibility index (Phi) is 6.07. The van der Waals surface area contributed by atoms with Crippen LogP contribution in [0.5, 0.6) is 0 Å². The molecule has 0 unspecified atom stereocenters. The number of guanidine groups is 1. The molecule has 2 heterocycles. The summed E-state index contributed by atoms with van der Waals surface area (Å²) in [6.45, 7) is 3.55. The van der Waals surface area contributed by atoms with Crippen LogP contribution in [0.3, 0.4) is 0 Å². The van der Waals surface area contributed by atoms with Crippen molar-refractivity contribution in [2.75, 3.05) is 20.6 Å². The molecule has 0 saturated carbocycles. The lowest BCUT2D eigenvalue weighted by Crippen LogP contribution is -2.39. The number of aromatic nitrogens is 1. The van der Waals surface area contributed by atoms with E-state index >= 15 is 0 Å². The van der Waals surface area contributed by atoms with Gasteiger partial charge in [0.15, 0.2) is 5.96 Å². The molecule has 0 atom stereocenters. The topological polar surface area (TPSA) is 53.7 Å². The van der Waals surface area contributed by atoms with Crippen LogP contribution >= 0.6 is 11.3 Å². The molecule has 0 aliphatic heterocycles. The van der Waals surface area contributed by atoms with Crippen LogP contribution in [0.25, 0.3) is 11.5 Å². The average Bonchev–Trinajstić information content (AvgIpc) is 3.33. The van der Waals surface area contributed by atoms with E-state index in [2.05, 4.69) is 56.8 Å². The molecule has 6 heteroatoms. The maximum absolute atomic E-state index is 5.61. The molecule has 0 fully saturated rings. The van der Waals surface area contributed by atoms with Crippen molar-refractivity contribution in [1.29, 1.82) is 0 Å². The second-order valence-corrected chi connectivity index (χ2v) is 7.19. The maximum Gasteiger partial charge on any atom is 0.226 e. The number of nitrogens with one attached hydrogen (secondary N) is 1. The van der Waals surface area contributed by atoms with Crippen molar-refractivity contribution >= 4 is 17.3 Å². The molecule has 0 radical (unpaired) electrons. The van der Waals surface area contributed by atoms with Crippen molar-refractivity contribution in [1.82, 2.24) is 15.2 Å². The molecule has 0 aliphatic carbocycles. The van der Waals surface area contributed by atoms with Gasteiger partial charge in [-0.2, -0.15) is 0 Å². The summed E-state index contributed by atoms with van der Waals surface area (Å²) in [5, 5.41) is 5.46. The predicted octanol–water partition coefficient (Wildman–Crippen LogP) is 3.96. The van der Waals surface area contributed by atoms with Crippen LogP contribution in [0.15, 0.2) is 57.5 Å². The average molecular weight is 369 g/mol. The Balaban J connectivity index is 1.54. The molecule has 26 heavy (non-hydrogen) atoms. The fraction of sp³-hybridized carbons (Fsp3) is 0.300. The van der Waals surface area contributed by atoms with Crippen LogP contribution in [0.4, 0.5) is 0 Å². The molecule has 3 rings (SSSR count). The lowest BCUT2D eigenvalue weighted by Gasteiger charge is -2.21. The Morgan fingerprint density at radius 3 is 2.77 bits per heavy atom. The van der Waals surface area contributed by atoms with E-state index in [1.165, 1.54) is 10.4 Å². The minimum absolute atomic E-state index is 0.575. The van der Waals surface area contributed by atoms with E-state index in [-0.39, 0.29) is 0 Å². The van der Waals surface area contributed by atoms with Crippen LogP contribution in [0.2, 0.25) is 0 Å². The molecule has 2 aromatic heterocycles. The Labute approximate surface area is 158 Å². The first-order chi connectivity index (χ1) is 12.7. The SMILES string of the molecule is CN=C(NCc1coc(-c2ccc(C)cc2)n1)N(C)CCc1cccs1. The van der Waals surface area contributed by atoms with Crippen molar-refractivity contribution in [3.8, 4) is 11.5 Å². The van der Waals surface area contributed by atoms with Gasteiger partial charge in [0.05, 0.1) is 12.2 Å². The molecule has 1 N–H and O–H groups in total. The summed E-state index contributed by atoms with van der Waals surface area (Å²) in [6, 6.07) is 12.4. The lowest BCUT2D eigenvalue weighted by molar-refractivity contribution is 0.485. The Morgan fingerprint density at radius 2 is 2.08 bits per heavy atom. The quantitative estimate of drug-likeness (QED) is 0.528. The number of aryl methyl sites for hydroxylation is 1. The smallest absolute Gasteiger partial charge is 0.226 e. The van der Waals surface area contributed by atoms with E-state index < -0.39 is 0 Å². The van der Waals surface area contributed by atoms with E-state index in [1.807, 2.05) is 19.2 Å². The molecular formula is C20H24N4OS. The number of oxazole rings is 1. The minimum Gasteiger partial charge on any atom is -0.444 e. The molecule has 0 bridgehead atoms. The van der Waals surface area contributed by atoms with Gasteiger partial charge in [-0.1, -0.05) is 23.8 Å². The number of likely N-dealkylation sites (N-methyl/N-ethyl adjacent to an activating group) is 1. The fourth-order valence-electron chi connectivity index (χ4n) is 2.61. The maximum atomic E-state index is 5.61. The fourth-order valence-corrected chi connectivity index (χ4v) is 3.31. The number of benzene rings is 1. The van der Waals surface area contributed by atoms with Crippen molar-refractivity contribution in [2.45, 2.75) is 19.9 Å². The number of hydrogen-bond acceptors (Lipinski definition) is 4. The van der Waals surface area contributed by atoms with Crippen molar-refractivity contribution in [2.24, 2.45) is 4.99 Å². The molecule has 0 spiro atoms. The third-order valence-corrected chi connectivity index (χ3v) is 5.06. The monoisotopic (exact) mass is 368 g/mol. The molecule has 1 aromatic carbocycles. The highest BCUT2D eigenvalue weighted by molar-refractivity contribution is 7.09. The number of nitrogens with zero attached hydrogens (tertiary/aromatic N) is 3. The molecule has 0 amide bonds. The highest BCUT2D eigenvalue weighted by Crippen LogP contribution is 2.19. The first kappa shape index (κ1) is 18.2. The zero-order valence-corrected chi connectivity index (χ0v) is 16.2. The van der Waals surface area contributed by atoms with Crippen molar-refractivity contribution < 1.29 is 4.42 Å². The van der Waals surface area contributed by atoms with Crippen molar-refractivity contribution in [3.05, 3.63) is 64.2 Å². The molecule has 3 aromatic rings. The zero-order chi connectivity index (χ0) is 18.4. The second-order valence-electron chi connectivity index (χ2n) is 6.16. The number of thiophene rings is 1. The van der Waals surface area contributed by atoms with Gasteiger partial charge in [-0.15, -0.1) is 11.3 Å². The van der Waals surface area contributed by atoms with Crippen molar-refractivity contribution in [3.63, 3.8) is 0 Å². The molecule has 5 nitrogen and oxygen atoms in total. The highest BCUT2D eigenvalue weighted by Gasteiger charge is 2.10. The van der Waals surface area contributed by atoms with Gasteiger partial charge >= 0.3 is 0 Å². The van der Waals surface area contributed by atoms with Gasteiger partial charge in [-0.05, 0) is 36.9 Å². The van der Waals surface area contributed by atoms with E-state index in [9.17, 15) is 0 Å². The summed E-state index contributed by atoms with van der Waals surface area (Å²) in [7, 11) is 3.84. The predicted molar refractivity (Wildman–Crippen MR) is 108 cm³/mol. The Morgan fingerprint density at radius 1 is 1.27 bits per heavy atom. The summed E-state index contributed by atoms with van der Waals surface area (Å²) < 4.78 is 5.61. The zero-order valence-electron chi connectivity index (χ0n) is 15.4. The Hall–Kier alpha value is -2.60. The molecule has 136 valence electrons. The first-order valence-corrected chi connectivity index (χ1v) is 9.49. The van der Waals surface area contributed by atoms with Crippen LogP contribution in [0.1, 0.15) is 16.1 Å². The van der Waals surface area contributed by atoms with Gasteiger partial charge in [0.25, 0.3) is 0 Å². The minimum atomic E-state index is 0.575. The summed E-state index contributed by atoms with van der Waals surface area (Å²) in [5.41, 5.74) is 3.06. The van der Waals surface area contributed by atoms with E-state index in [0.29, 0.717) is 12.4 Å². The highest BCUT2D eigenvalue weighted by atomic mass is 32.1. The van der Waals surface area contributed by atoms with Crippen LogP contribution < -0.4 is 5.32 Å². The van der Waals surface area contributed by atoms with Gasteiger partial charge < -0.3 is 14.6 Å². The van der Waals surface area contributed by atoms with Gasteiger partial charge in [-0.3, -0.25) is 4.99 Å². The van der Waals surface area contributed by atoms with Crippen LogP contribution in [0, 0.1) is 6.92 Å². The van der Waals surface area contributed by atoms with Gasteiger partial charge in [0.2, 0.25) is 5.89 Å². The molecule has 0 aliphatic rings. The molecular weight excluding hydrogens is 344 g/mol. The Bertz CT molecular complexity index is 837. The summed E-state index contributed by atoms with van der Waals surface area (Å²) in [6.07, 6.45) is 2.71. The first-order valence-electron chi connectivity index (χ1n) is 8.61. The van der Waals surface area contributed by atoms with E-state index in [1.54, 1.807) is 24.6 Å². The number of aliphatic imine (C=N–C) groups is 1. The summed E-state index contributed by atoms with van der Waals surface area (Å²) in [5.74, 6) is 1.49. The lowest BCUT2D eigenvalue weighted by atomic mass is 10.1. The number of rotatable bonds is 6. The van der Waals surface area contributed by atoms with Crippen LogP contribution in [-0.2, 0) is 13.0 Å². The van der Waals surface area contributed by atoms with Crippen LogP contribution in [-0.4, -0.2) is 36.5 Å². The van der Waals surface area contributed by atoms with E-state index in [4.69, 9.17) is 4.42 Å². The summed E-state index contributed by atoms with van der Waals surface area (Å²) >= 11 is 1.79. The molecule has 0 saturated heterocycles. The summed E-state index contributed by atoms with van der Waals surface area (Å²) in [4.78, 5) is 12.4. The standard InChI is InChI=1S/C20H24N4OS/c1-15-6-8-16(9-7-15)19-23-17(14-25-19)13-22-20(21-2)24(3)11-10-18-5-4-12-26-18/h4-9,12,14H,10-11,13H2,1-3H3,(H,21,22). The van der Waals surface area contributed by atoms with Gasteiger partial charge in [0.1, 0.15) is 6.26 Å².